The van der Waals surface area contributed by atoms with Crippen LogP contribution in [0.2, 0.25) is 0 Å². The predicted octanol–water partition coefficient (Wildman–Crippen LogP) is 3.66. The van der Waals surface area contributed by atoms with Gasteiger partial charge in [0.05, 0.1) is 12.6 Å². The van der Waals surface area contributed by atoms with Gasteiger partial charge in [-0.15, -0.1) is 0 Å². The highest BCUT2D eigenvalue weighted by Crippen LogP contribution is 2.28. The van der Waals surface area contributed by atoms with Crippen LogP contribution in [0, 0.1) is 17.9 Å². The lowest BCUT2D eigenvalue weighted by Crippen LogP contribution is -1.98. The van der Waals surface area contributed by atoms with E-state index in [-0.39, 0.29) is 5.70 Å². The minimum Gasteiger partial charge on any atom is -0.461 e. The average molecular weight is 234 g/mol. The summed E-state index contributed by atoms with van der Waals surface area (Å²) in [7, 11) is 0. The van der Waals surface area contributed by atoms with Crippen molar-refractivity contribution in [1.82, 2.24) is 0 Å². The molecule has 0 spiro atoms. The van der Waals surface area contributed by atoms with Gasteiger partial charge in [-0.2, -0.15) is 0 Å². The molecule has 0 fully saturated rings. The Bertz CT molecular complexity index is 621. The predicted molar refractivity (Wildman–Crippen MR) is 68.5 cm³/mol. The van der Waals surface area contributed by atoms with Gasteiger partial charge in [0.15, 0.2) is 0 Å². The Morgan fingerprint density at radius 3 is 2.61 bits per heavy atom. The van der Waals surface area contributed by atoms with Crippen LogP contribution in [0.1, 0.15) is 12.5 Å². The summed E-state index contributed by atoms with van der Waals surface area (Å²) >= 11 is 0. The summed E-state index contributed by atoms with van der Waals surface area (Å²) in [6, 6.07) is 11.5. The van der Waals surface area contributed by atoms with E-state index in [0.717, 1.165) is 5.56 Å². The van der Waals surface area contributed by atoms with E-state index in [1.807, 2.05) is 36.4 Å². The van der Waals surface area contributed by atoms with Gasteiger partial charge in [0.2, 0.25) is 0 Å². The Morgan fingerprint density at radius 1 is 1.28 bits per heavy atom. The molecule has 1 aromatic rings. The number of allylic oxidation sites excluding steroid dienone is 5. The van der Waals surface area contributed by atoms with Crippen LogP contribution in [-0.2, 0) is 4.74 Å². The van der Waals surface area contributed by atoms with Crippen LogP contribution in [0.3, 0.4) is 0 Å². The first-order chi connectivity index (χ1) is 8.74. The number of nitrogens with zero attached hydrogens (tertiary/aromatic N) is 2. The summed E-state index contributed by atoms with van der Waals surface area (Å²) in [5.74, 6) is 1.32. The molecule has 0 saturated carbocycles. The Hall–Kier alpha value is -2.78. The van der Waals surface area contributed by atoms with Crippen molar-refractivity contribution in [3.8, 4) is 6.07 Å². The van der Waals surface area contributed by atoms with Crippen LogP contribution in [0.25, 0.3) is 10.6 Å². The molecule has 0 bridgehead atoms. The molecule has 3 heteroatoms. The molecule has 18 heavy (non-hydrogen) atoms. The van der Waals surface area contributed by atoms with Crippen molar-refractivity contribution < 1.29 is 4.74 Å². The summed E-state index contributed by atoms with van der Waals surface area (Å²) in [4.78, 5) is 3.22. The summed E-state index contributed by atoms with van der Waals surface area (Å²) < 4.78 is 5.62. The van der Waals surface area contributed by atoms with Gasteiger partial charge in [0.25, 0.3) is 5.70 Å². The fourth-order valence-corrected chi connectivity index (χ4v) is 1.67. The van der Waals surface area contributed by atoms with Gasteiger partial charge in [-0.3, -0.25) is 0 Å². The molecule has 1 aromatic carbocycles. The van der Waals surface area contributed by atoms with E-state index in [4.69, 9.17) is 16.6 Å². The van der Waals surface area contributed by atoms with Crippen molar-refractivity contribution in [2.75, 3.05) is 0 Å². The van der Waals surface area contributed by atoms with E-state index in [9.17, 15) is 0 Å². The Balaban J connectivity index is 2.51. The van der Waals surface area contributed by atoms with E-state index < -0.39 is 0 Å². The molecule has 0 unspecified atom stereocenters. The van der Waals surface area contributed by atoms with Gasteiger partial charge in [0.1, 0.15) is 11.5 Å². The van der Waals surface area contributed by atoms with Crippen LogP contribution < -0.4 is 0 Å². The van der Waals surface area contributed by atoms with Gasteiger partial charge in [-0.25, -0.2) is 10.1 Å². The number of benzene rings is 1. The molecule has 1 aliphatic heterocycles. The smallest absolute Gasteiger partial charge is 0.269 e. The number of nitriles is 1. The SMILES string of the molecule is [C-]#[N+]/C(C#N)=C1/C=C(C)OC(c2ccccc2)=C1. The molecule has 0 atom stereocenters. The molecule has 3 nitrogen and oxygen atoms in total. The second-order valence-electron chi connectivity index (χ2n) is 3.76. The average Bonchev–Trinajstić information content (AvgIpc) is 2.40. The molecule has 0 saturated heterocycles. The van der Waals surface area contributed by atoms with Crippen LogP contribution >= 0.6 is 0 Å². The third-order valence-corrected chi connectivity index (χ3v) is 2.47. The molecule has 0 radical (unpaired) electrons. The molecule has 2 rings (SSSR count). The fourth-order valence-electron chi connectivity index (χ4n) is 1.67. The van der Waals surface area contributed by atoms with E-state index >= 15 is 0 Å². The van der Waals surface area contributed by atoms with Gasteiger partial charge < -0.3 is 4.74 Å². The molecular weight excluding hydrogens is 224 g/mol. The highest BCUT2D eigenvalue weighted by Gasteiger charge is 2.13. The van der Waals surface area contributed by atoms with E-state index in [1.54, 1.807) is 19.1 Å². The van der Waals surface area contributed by atoms with E-state index in [1.165, 1.54) is 0 Å². The molecular formula is C15H10N2O. The lowest BCUT2D eigenvalue weighted by molar-refractivity contribution is 0.380. The maximum Gasteiger partial charge on any atom is 0.269 e. The third kappa shape index (κ3) is 2.31. The van der Waals surface area contributed by atoms with Gasteiger partial charge in [-0.1, -0.05) is 30.3 Å². The van der Waals surface area contributed by atoms with Gasteiger partial charge >= 0.3 is 0 Å². The topological polar surface area (TPSA) is 37.4 Å². The molecule has 1 heterocycles. The maximum absolute atomic E-state index is 8.90. The molecule has 0 aromatic heterocycles. The van der Waals surface area contributed by atoms with Gasteiger partial charge in [-0.05, 0) is 24.6 Å². The lowest BCUT2D eigenvalue weighted by Gasteiger charge is -2.16. The number of rotatable bonds is 1. The van der Waals surface area contributed by atoms with E-state index in [2.05, 4.69) is 4.85 Å². The van der Waals surface area contributed by atoms with Crippen molar-refractivity contribution in [3.63, 3.8) is 0 Å². The van der Waals surface area contributed by atoms with Crippen molar-refractivity contribution in [1.29, 1.82) is 5.26 Å². The first kappa shape index (κ1) is 11.7. The fraction of sp³-hybridized carbons (Fsp3) is 0.0667. The Morgan fingerprint density at radius 2 is 2.00 bits per heavy atom. The molecule has 0 amide bonds. The second kappa shape index (κ2) is 5.03. The third-order valence-electron chi connectivity index (χ3n) is 2.47. The molecule has 86 valence electrons. The summed E-state index contributed by atoms with van der Waals surface area (Å²) in [5.41, 5.74) is 1.59. The van der Waals surface area contributed by atoms with Crippen LogP contribution in [-0.4, -0.2) is 0 Å². The van der Waals surface area contributed by atoms with Crippen LogP contribution in [0.5, 0.6) is 0 Å². The van der Waals surface area contributed by atoms with E-state index in [0.29, 0.717) is 17.1 Å². The van der Waals surface area contributed by atoms with Crippen molar-refractivity contribution in [2.24, 2.45) is 0 Å². The Labute approximate surface area is 106 Å². The first-order valence-electron chi connectivity index (χ1n) is 5.39. The number of ether oxygens (including phenoxy) is 1. The second-order valence-corrected chi connectivity index (χ2v) is 3.76. The lowest BCUT2D eigenvalue weighted by atomic mass is 10.1. The van der Waals surface area contributed by atoms with Crippen molar-refractivity contribution in [2.45, 2.75) is 6.92 Å². The Kier molecular flexibility index (Phi) is 3.27. The van der Waals surface area contributed by atoms with Crippen LogP contribution in [0.4, 0.5) is 0 Å². The minimum atomic E-state index is 0.0751. The minimum absolute atomic E-state index is 0.0751. The molecule has 0 aliphatic carbocycles. The first-order valence-corrected chi connectivity index (χ1v) is 5.39. The molecule has 1 aliphatic rings. The summed E-state index contributed by atoms with van der Waals surface area (Å²) in [6.07, 6.45) is 3.42. The normalized spacial score (nSPS) is 16.6. The largest absolute Gasteiger partial charge is 0.461 e. The summed E-state index contributed by atoms with van der Waals surface area (Å²) in [6.45, 7) is 8.78. The number of hydrogen-bond acceptors (Lipinski definition) is 2. The zero-order valence-corrected chi connectivity index (χ0v) is 9.84. The molecule has 0 N–H and O–H groups in total. The highest BCUT2D eigenvalue weighted by molar-refractivity contribution is 5.68. The van der Waals surface area contributed by atoms with Crippen molar-refractivity contribution >= 4 is 5.76 Å². The van der Waals surface area contributed by atoms with Crippen LogP contribution in [0.15, 0.2) is 59.5 Å². The standard InChI is InChI=1S/C15H10N2O/c1-11-8-13(14(10-16)17-2)9-15(18-11)12-6-4-3-5-7-12/h3-9H,1H3/b14-13-. The maximum atomic E-state index is 8.90. The van der Waals surface area contributed by atoms with Gasteiger partial charge in [0, 0.05) is 5.56 Å². The highest BCUT2D eigenvalue weighted by atomic mass is 16.5. The van der Waals surface area contributed by atoms with Crippen molar-refractivity contribution in [3.05, 3.63) is 76.5 Å². The number of hydrogen-bond donors (Lipinski definition) is 0. The summed E-state index contributed by atoms with van der Waals surface area (Å²) in [5, 5.41) is 8.90. The quantitative estimate of drug-likeness (QED) is 0.549. The monoisotopic (exact) mass is 234 g/mol. The zero-order valence-electron chi connectivity index (χ0n) is 9.84. The zero-order chi connectivity index (χ0) is 13.0.